The minimum atomic E-state index is -2.51. The molecule has 0 unspecified atom stereocenters. The Morgan fingerprint density at radius 3 is 2.10 bits per heavy atom. The summed E-state index contributed by atoms with van der Waals surface area (Å²) in [6.45, 7) is 8.37. The van der Waals surface area contributed by atoms with Crippen LogP contribution >= 0.6 is 0 Å². The molecule has 0 bridgehead atoms. The number of fused-ring (bicyclic) bond motifs is 8. The highest BCUT2D eigenvalue weighted by Gasteiger charge is 2.35. The maximum absolute atomic E-state index is 8.69. The molecule has 0 aliphatic carbocycles. The van der Waals surface area contributed by atoms with E-state index >= 15 is 0 Å². The van der Waals surface area contributed by atoms with Crippen molar-refractivity contribution >= 4 is 54.9 Å². The van der Waals surface area contributed by atoms with Gasteiger partial charge in [0, 0.05) is 31.7 Å². The highest BCUT2D eigenvalue weighted by Crippen LogP contribution is 2.45. The molecule has 50 heavy (non-hydrogen) atoms. The Morgan fingerprint density at radius 2 is 1.36 bits per heavy atom. The van der Waals surface area contributed by atoms with E-state index in [1.807, 2.05) is 43.3 Å². The van der Waals surface area contributed by atoms with Crippen LogP contribution in [0.4, 0.5) is 0 Å². The summed E-state index contributed by atoms with van der Waals surface area (Å²) in [6, 6.07) is 35.4. The molecular weight excluding hydrogens is 615 g/mol. The minimum Gasteiger partial charge on any atom is -0.455 e. The fraction of sp³-hybridized carbons (Fsp3) is 0.200. The van der Waals surface area contributed by atoms with Crippen LogP contribution in [0.25, 0.3) is 83.1 Å². The Labute approximate surface area is 295 Å². The Morgan fingerprint density at radius 1 is 0.680 bits per heavy atom. The van der Waals surface area contributed by atoms with Gasteiger partial charge in [0.05, 0.1) is 23.5 Å². The SMILES string of the molecule is [2H]C([2H])([2H])c1nc(C)c(-c2n(-c3c(C(C)C)cc(-c4ccccc4)cc3C(C)C)c3ccccc3[n+]2C)c2oc3ccc4c5ccccc5oc4c3c12. The van der Waals surface area contributed by atoms with E-state index in [0.717, 1.165) is 44.5 Å². The first-order chi connectivity index (χ1) is 25.4. The van der Waals surface area contributed by atoms with Gasteiger partial charge in [-0.1, -0.05) is 88.4 Å². The van der Waals surface area contributed by atoms with Crippen molar-refractivity contribution in [3.05, 3.63) is 126 Å². The van der Waals surface area contributed by atoms with Gasteiger partial charge in [-0.3, -0.25) is 4.98 Å². The monoisotopic (exact) mass is 657 g/mol. The summed E-state index contributed by atoms with van der Waals surface area (Å²) in [5.41, 5.74) is 11.6. The Bertz CT molecular complexity index is 2880. The maximum Gasteiger partial charge on any atom is 0.300 e. The molecule has 0 radical (unpaired) electrons. The first-order valence-corrected chi connectivity index (χ1v) is 17.3. The highest BCUT2D eigenvalue weighted by atomic mass is 16.3. The van der Waals surface area contributed by atoms with Crippen LogP contribution < -0.4 is 4.57 Å². The van der Waals surface area contributed by atoms with Crippen LogP contribution in [0.15, 0.2) is 112 Å². The average Bonchev–Trinajstić information content (AvgIpc) is 3.80. The summed E-state index contributed by atoms with van der Waals surface area (Å²) >= 11 is 0. The zero-order chi connectivity index (χ0) is 36.9. The molecule has 0 N–H and O–H groups in total. The maximum atomic E-state index is 8.69. The first-order valence-electron chi connectivity index (χ1n) is 18.8. The third kappa shape index (κ3) is 4.32. The number of rotatable bonds is 5. The molecule has 9 rings (SSSR count). The summed E-state index contributed by atoms with van der Waals surface area (Å²) in [5.74, 6) is 1.24. The van der Waals surface area contributed by atoms with Gasteiger partial charge in [-0.2, -0.15) is 4.57 Å². The largest absolute Gasteiger partial charge is 0.455 e. The second kappa shape index (κ2) is 11.2. The third-order valence-electron chi connectivity index (χ3n) is 10.3. The topological polar surface area (TPSA) is 48.0 Å². The van der Waals surface area contributed by atoms with Crippen LogP contribution in [0.2, 0.25) is 0 Å². The predicted octanol–water partition coefficient (Wildman–Crippen LogP) is 11.8. The van der Waals surface area contributed by atoms with E-state index in [0.29, 0.717) is 33.2 Å². The second-order valence-corrected chi connectivity index (χ2v) is 14.0. The van der Waals surface area contributed by atoms with Crippen molar-refractivity contribution in [2.45, 2.75) is 53.3 Å². The van der Waals surface area contributed by atoms with Crippen LogP contribution in [0, 0.1) is 13.8 Å². The summed E-state index contributed by atoms with van der Waals surface area (Å²) in [7, 11) is 2.07. The Hall–Kier alpha value is -5.68. The molecule has 0 aliphatic heterocycles. The molecule has 0 aliphatic rings. The lowest BCUT2D eigenvalue weighted by Crippen LogP contribution is -2.31. The lowest BCUT2D eigenvalue weighted by atomic mass is 9.88. The van der Waals surface area contributed by atoms with Gasteiger partial charge in [0.15, 0.2) is 16.6 Å². The van der Waals surface area contributed by atoms with Crippen molar-refractivity contribution in [1.82, 2.24) is 9.55 Å². The summed E-state index contributed by atoms with van der Waals surface area (Å²) in [4.78, 5) is 4.96. The highest BCUT2D eigenvalue weighted by molar-refractivity contribution is 6.23. The molecule has 0 saturated carbocycles. The normalized spacial score (nSPS) is 13.4. The van der Waals surface area contributed by atoms with Gasteiger partial charge in [-0.25, -0.2) is 4.57 Å². The molecule has 0 saturated heterocycles. The molecule has 4 heterocycles. The van der Waals surface area contributed by atoms with E-state index in [-0.39, 0.29) is 17.5 Å². The van der Waals surface area contributed by atoms with Crippen LogP contribution in [-0.2, 0) is 7.05 Å². The van der Waals surface area contributed by atoms with Gasteiger partial charge in [0.2, 0.25) is 0 Å². The van der Waals surface area contributed by atoms with Gasteiger partial charge in [0.1, 0.15) is 28.0 Å². The van der Waals surface area contributed by atoms with E-state index in [2.05, 4.69) is 111 Å². The van der Waals surface area contributed by atoms with E-state index in [4.69, 9.17) is 17.9 Å². The van der Waals surface area contributed by atoms with Crippen molar-refractivity contribution < 1.29 is 17.5 Å². The predicted molar refractivity (Wildman–Crippen MR) is 205 cm³/mol. The number of aromatic nitrogens is 3. The van der Waals surface area contributed by atoms with Crippen LogP contribution in [-0.4, -0.2) is 9.55 Å². The number of furan rings is 2. The van der Waals surface area contributed by atoms with Gasteiger partial charge in [-0.05, 0) is 79.2 Å². The number of benzene rings is 5. The van der Waals surface area contributed by atoms with E-state index in [1.165, 1.54) is 22.3 Å². The zero-order valence-electron chi connectivity index (χ0n) is 32.1. The number of aryl methyl sites for hydroxylation is 3. The van der Waals surface area contributed by atoms with E-state index in [9.17, 15) is 0 Å². The molecule has 5 heteroatoms. The molecule has 4 aromatic heterocycles. The number of para-hydroxylation sites is 3. The summed E-state index contributed by atoms with van der Waals surface area (Å²) in [6.07, 6.45) is 0. The van der Waals surface area contributed by atoms with Crippen LogP contribution in [0.1, 0.15) is 66.2 Å². The molecule has 0 atom stereocenters. The standard InChI is InChI=1S/C45H40N3O2/c1-25(2)33-23-30(29-15-9-8-10-16-29)24-34(26(3)4)42(33)48-36-19-13-12-18-35(36)47(7)45(48)40-28(6)46-27(5)39-41-38(50-44(39)40)22-21-32-31-17-11-14-20-37(31)49-43(32)41/h8-26H,1-7H3/q+1/i5D3. The van der Waals surface area contributed by atoms with E-state index in [1.54, 1.807) is 0 Å². The minimum absolute atomic E-state index is 0.00345. The van der Waals surface area contributed by atoms with Gasteiger partial charge < -0.3 is 8.83 Å². The van der Waals surface area contributed by atoms with Crippen molar-refractivity contribution in [1.29, 1.82) is 0 Å². The molecule has 246 valence electrons. The fourth-order valence-electron chi connectivity index (χ4n) is 7.91. The smallest absolute Gasteiger partial charge is 0.300 e. The molecule has 0 fully saturated rings. The second-order valence-electron chi connectivity index (χ2n) is 14.0. The molecular formula is C45H40N3O2+. The quantitative estimate of drug-likeness (QED) is 0.173. The Balaban J connectivity index is 1.46. The van der Waals surface area contributed by atoms with Crippen molar-refractivity contribution in [2.75, 3.05) is 0 Å². The molecule has 5 nitrogen and oxygen atoms in total. The van der Waals surface area contributed by atoms with Gasteiger partial charge in [0.25, 0.3) is 0 Å². The first kappa shape index (κ1) is 27.2. The van der Waals surface area contributed by atoms with E-state index < -0.39 is 6.85 Å². The van der Waals surface area contributed by atoms with Crippen LogP contribution in [0.5, 0.6) is 0 Å². The Kier molecular flexibility index (Phi) is 6.07. The van der Waals surface area contributed by atoms with Crippen LogP contribution in [0.3, 0.4) is 0 Å². The lowest BCUT2D eigenvalue weighted by molar-refractivity contribution is -0.633. The molecule has 5 aromatic carbocycles. The summed E-state index contributed by atoms with van der Waals surface area (Å²) in [5, 5.41) is 2.93. The number of pyridine rings is 1. The molecule has 0 spiro atoms. The molecule has 0 amide bonds. The summed E-state index contributed by atoms with van der Waals surface area (Å²) < 4.78 is 44.0. The average molecular weight is 658 g/mol. The number of hydrogen-bond acceptors (Lipinski definition) is 3. The molecule has 9 aromatic rings. The van der Waals surface area contributed by atoms with Crippen molar-refractivity contribution in [2.24, 2.45) is 7.05 Å². The van der Waals surface area contributed by atoms with Crippen molar-refractivity contribution in [3.63, 3.8) is 0 Å². The third-order valence-corrected chi connectivity index (χ3v) is 10.3. The number of imidazole rings is 1. The van der Waals surface area contributed by atoms with Gasteiger partial charge >= 0.3 is 5.82 Å². The zero-order valence-corrected chi connectivity index (χ0v) is 29.1. The fourth-order valence-corrected chi connectivity index (χ4v) is 7.91. The number of hydrogen-bond donors (Lipinski definition) is 0. The van der Waals surface area contributed by atoms with Crippen molar-refractivity contribution in [3.8, 4) is 28.2 Å². The van der Waals surface area contributed by atoms with Gasteiger partial charge in [-0.15, -0.1) is 0 Å². The lowest BCUT2D eigenvalue weighted by Gasteiger charge is -2.21. The number of nitrogens with zero attached hydrogens (tertiary/aromatic N) is 3.